The van der Waals surface area contributed by atoms with Crippen LogP contribution in [0.15, 0.2) is 170 Å². The summed E-state index contributed by atoms with van der Waals surface area (Å²) in [5, 5.41) is 118. The van der Waals surface area contributed by atoms with E-state index in [9.17, 15) is 137 Å². The van der Waals surface area contributed by atoms with E-state index in [1.54, 1.807) is 30.3 Å². The third-order valence-corrected chi connectivity index (χ3v) is 12.9. The standard InChI is InChI=1S/C14H10N2O5.C8H6N2O5.2C8H5NO6.2C8H3NO5.C6H7N.2C4H6O3.2CH4.H3N/c17-13(15-9-5-2-1-3-6-9)10-7-4-8-11(16(20)21)12(10)14(18)19;9-7(11)6-4(8(12)13)2-1-3-5(6)10(14)15;2*10-7(11)4-2-1-3-5(9(14)15)6(4)8(12)13;2*10-7-4-2-1-3-5(9(12)13)6(4)8(11)14-7;7-6-4-2-1-3-5-6;2*1-3(5)7-4(2)6;;;/h1-8H,(H,15,17)(H,18,19);1-3H,(H2,9,11)(H,12,13);2*1-3H,(H,10,11)(H,12,13);2*1-3H;1-5H,7H2;2*1-2H3;2*1H4;1H3. The number of aromatic carboxylic acids is 6. The Hall–Kier alpha value is -17.8. The molecule has 8 aromatic rings. The molecular weight excluding hydrogens is 1590 g/mol. The molecule has 0 aliphatic carbocycles. The fraction of sp³-hybridized carbons (Fsp3) is 0.0857. The quantitative estimate of drug-likeness (QED) is 0.0114. The first kappa shape index (κ1) is 102. The summed E-state index contributed by atoms with van der Waals surface area (Å²) in [5.41, 5.74) is 2.62. The highest BCUT2D eigenvalue weighted by Crippen LogP contribution is 2.31. The van der Waals surface area contributed by atoms with Crippen molar-refractivity contribution in [2.24, 2.45) is 5.73 Å². The van der Waals surface area contributed by atoms with Gasteiger partial charge in [-0.1, -0.05) is 87.6 Å². The average molecular weight is 1650 g/mol. The zero-order valence-electron chi connectivity index (χ0n) is 59.0. The number of nitrogen functional groups attached to an aromatic ring is 1. The van der Waals surface area contributed by atoms with Gasteiger partial charge < -0.3 is 72.5 Å². The van der Waals surface area contributed by atoms with Crippen LogP contribution in [0.3, 0.4) is 0 Å². The summed E-state index contributed by atoms with van der Waals surface area (Å²) in [6, 6.07) is 38.4. The lowest BCUT2D eigenvalue weighted by Gasteiger charge is -2.08. The molecule has 0 bridgehead atoms. The van der Waals surface area contributed by atoms with Gasteiger partial charge in [0.1, 0.15) is 11.1 Å². The molecule has 0 unspecified atom stereocenters. The summed E-state index contributed by atoms with van der Waals surface area (Å²) in [7, 11) is 0. The zero-order chi connectivity index (χ0) is 87.6. The fourth-order valence-corrected chi connectivity index (χ4v) is 8.54. The number of cyclic esters (lactones) is 4. The van der Waals surface area contributed by atoms with E-state index >= 15 is 0 Å². The van der Waals surface area contributed by atoms with Crippen LogP contribution in [0.2, 0.25) is 0 Å². The summed E-state index contributed by atoms with van der Waals surface area (Å²) in [6.07, 6.45) is 0. The van der Waals surface area contributed by atoms with Gasteiger partial charge in [-0.25, -0.2) is 47.9 Å². The molecule has 0 atom stereocenters. The normalized spacial score (nSPS) is 10.1. The van der Waals surface area contributed by atoms with E-state index in [2.05, 4.69) is 24.3 Å². The Balaban J connectivity index is 0. The van der Waals surface area contributed by atoms with Crippen molar-refractivity contribution in [1.29, 1.82) is 0 Å². The van der Waals surface area contributed by atoms with Gasteiger partial charge in [0.05, 0.1) is 62.9 Å². The number of carboxylic acid groups (broad SMARTS) is 6. The van der Waals surface area contributed by atoms with Gasteiger partial charge in [-0.05, 0) is 60.7 Å². The smallest absolute Gasteiger partial charge is 0.353 e. The predicted molar refractivity (Wildman–Crippen MR) is 397 cm³/mol. The SMILES string of the molecule is C.C.CC(=O)OC(C)=O.CC(=O)OC(C)=O.N.NC(=O)c1c(C(=O)O)cccc1[N+](=O)[O-].Nc1ccccc1.O=C(Nc1ccccc1)c1cccc([N+](=O)[O-])c1C(=O)O.O=C(O)c1cccc([N+](=O)[O-])c1C(=O)O.O=C(O)c1cccc([N+](=O)[O-])c1C(=O)O.O=C1OC(=O)c2c1cccc2[N+](=O)[O-].O=C1OC(=O)c2c1cccc2[N+](=O)[O-]. The number of esters is 8. The Kier molecular flexibility index (Phi) is 41.6. The number of carbonyl (C=O) groups excluding carboxylic acids is 10. The summed E-state index contributed by atoms with van der Waals surface area (Å²) in [4.78, 5) is 229. The van der Waals surface area contributed by atoms with Crippen LogP contribution < -0.4 is 22.9 Å². The highest BCUT2D eigenvalue weighted by atomic mass is 16.7. The van der Waals surface area contributed by atoms with E-state index in [0.717, 1.165) is 72.4 Å². The molecule has 2 heterocycles. The van der Waals surface area contributed by atoms with Crippen LogP contribution in [0.25, 0.3) is 0 Å². The van der Waals surface area contributed by atoms with Crippen LogP contribution in [0, 0.1) is 60.7 Å². The Labute approximate surface area is 657 Å². The molecule has 0 aromatic heterocycles. The highest BCUT2D eigenvalue weighted by molar-refractivity contribution is 6.18. The number of carbonyl (C=O) groups is 16. The third-order valence-electron chi connectivity index (χ3n) is 12.9. The Morgan fingerprint density at radius 1 is 0.339 bits per heavy atom. The molecular formula is C70H62N10O38. The maximum Gasteiger partial charge on any atom is 0.353 e. The molecule has 0 saturated carbocycles. The van der Waals surface area contributed by atoms with Crippen LogP contribution in [0.5, 0.6) is 0 Å². The molecule has 0 radical (unpaired) electrons. The lowest BCUT2D eigenvalue weighted by atomic mass is 10.0. The summed E-state index contributed by atoms with van der Waals surface area (Å²) in [6.45, 7) is 4.73. The number of nitro groups is 6. The first-order chi connectivity index (χ1) is 53.7. The monoisotopic (exact) mass is 1650 g/mol. The molecule has 48 nitrogen and oxygen atoms in total. The molecule has 2 aliphatic rings. The Bertz CT molecular complexity index is 4850. The van der Waals surface area contributed by atoms with Gasteiger partial charge in [-0.2, -0.15) is 0 Å². The molecule has 0 spiro atoms. The van der Waals surface area contributed by atoms with Crippen molar-refractivity contribution in [1.82, 2.24) is 6.15 Å². The minimum Gasteiger partial charge on any atom is -0.478 e. The van der Waals surface area contributed by atoms with Crippen molar-refractivity contribution >= 4 is 141 Å². The highest BCUT2D eigenvalue weighted by Gasteiger charge is 2.38. The Morgan fingerprint density at radius 3 is 0.822 bits per heavy atom. The number of carboxylic acids is 6. The number of nitrogens with two attached hydrogens (primary N) is 2. The number of benzene rings is 8. The van der Waals surface area contributed by atoms with Crippen molar-refractivity contribution in [2.45, 2.75) is 42.5 Å². The van der Waals surface area contributed by atoms with Crippen LogP contribution >= 0.6 is 0 Å². The minimum atomic E-state index is -1.64. The number of para-hydroxylation sites is 2. The first-order valence-electron chi connectivity index (χ1n) is 30.1. The van der Waals surface area contributed by atoms with E-state index in [1.165, 1.54) is 70.2 Å². The Morgan fingerprint density at radius 2 is 0.585 bits per heavy atom. The number of nitro benzene ring substituents is 6. The second-order valence-electron chi connectivity index (χ2n) is 20.7. The molecule has 0 saturated heterocycles. The number of anilines is 2. The van der Waals surface area contributed by atoms with Gasteiger partial charge in [0, 0.05) is 75.5 Å². The van der Waals surface area contributed by atoms with E-state index in [0.29, 0.717) is 5.69 Å². The second-order valence-corrected chi connectivity index (χ2v) is 20.7. The van der Waals surface area contributed by atoms with Crippen LogP contribution in [0.1, 0.15) is 167 Å². The van der Waals surface area contributed by atoms with Crippen molar-refractivity contribution in [3.8, 4) is 0 Å². The molecule has 14 N–H and O–H groups in total. The zero-order valence-corrected chi connectivity index (χ0v) is 59.0. The molecule has 118 heavy (non-hydrogen) atoms. The minimum absolute atomic E-state index is 0. The van der Waals surface area contributed by atoms with E-state index in [-0.39, 0.29) is 48.8 Å². The summed E-state index contributed by atoms with van der Waals surface area (Å²) in [5.74, 6) is -17.0. The number of nitrogens with one attached hydrogen (secondary N) is 1. The number of ether oxygens (including phenoxy) is 4. The van der Waals surface area contributed by atoms with Gasteiger partial charge in [0.25, 0.3) is 45.9 Å². The van der Waals surface area contributed by atoms with Gasteiger partial charge >= 0.3 is 83.6 Å². The van der Waals surface area contributed by atoms with Crippen molar-refractivity contribution in [2.75, 3.05) is 11.1 Å². The number of amides is 2. The van der Waals surface area contributed by atoms with Crippen molar-refractivity contribution in [3.05, 3.63) is 297 Å². The first-order valence-corrected chi connectivity index (χ1v) is 30.1. The molecule has 8 aromatic carbocycles. The van der Waals surface area contributed by atoms with E-state index < -0.39 is 198 Å². The molecule has 48 heteroatoms. The van der Waals surface area contributed by atoms with Crippen LogP contribution in [0.4, 0.5) is 45.5 Å². The summed E-state index contributed by atoms with van der Waals surface area (Å²) < 4.78 is 16.4. The van der Waals surface area contributed by atoms with Gasteiger partial charge in [0.15, 0.2) is 22.3 Å². The van der Waals surface area contributed by atoms with Gasteiger partial charge in [0.2, 0.25) is 0 Å². The maximum absolute atomic E-state index is 12.1. The number of hydrogen-bond donors (Lipinski definition) is 10. The molecule has 10 rings (SSSR count). The molecule has 620 valence electrons. The summed E-state index contributed by atoms with van der Waals surface area (Å²) >= 11 is 0. The van der Waals surface area contributed by atoms with Gasteiger partial charge in [-0.15, -0.1) is 0 Å². The van der Waals surface area contributed by atoms with Crippen molar-refractivity contribution in [3.63, 3.8) is 0 Å². The second kappa shape index (κ2) is 48.0. The number of hydrogen-bond acceptors (Lipinski definition) is 34. The molecule has 0 fully saturated rings. The third kappa shape index (κ3) is 30.6. The van der Waals surface area contributed by atoms with E-state index in [1.807, 2.05) is 30.3 Å². The van der Waals surface area contributed by atoms with Crippen LogP contribution in [-0.2, 0) is 38.1 Å². The topological polar surface area (TPSA) is 789 Å². The predicted octanol–water partition coefficient (Wildman–Crippen LogP) is 9.63. The lowest BCUT2D eigenvalue weighted by molar-refractivity contribution is -0.385. The number of rotatable bonds is 15. The average Bonchev–Trinajstić information content (AvgIpc) is 1.55. The van der Waals surface area contributed by atoms with Crippen LogP contribution in [-0.4, -0.2) is 156 Å². The number of primary amides is 1. The molecule has 2 amide bonds. The van der Waals surface area contributed by atoms with Crippen molar-refractivity contribution < 1.29 is 156 Å². The van der Waals surface area contributed by atoms with E-state index in [4.69, 9.17) is 42.1 Å². The maximum atomic E-state index is 12.1. The van der Waals surface area contributed by atoms with Gasteiger partial charge in [-0.3, -0.25) is 89.5 Å². The number of nitrogens with zero attached hydrogens (tertiary/aromatic N) is 6. The number of fused-ring (bicyclic) bond motifs is 2. The molecule has 2 aliphatic heterocycles. The fourth-order valence-electron chi connectivity index (χ4n) is 8.54. The lowest BCUT2D eigenvalue weighted by Crippen LogP contribution is -2.18. The largest absolute Gasteiger partial charge is 0.478 e.